The van der Waals surface area contributed by atoms with Gasteiger partial charge in [0.2, 0.25) is 10.0 Å². The predicted molar refractivity (Wildman–Crippen MR) is 96.4 cm³/mol. The molecule has 0 aliphatic rings. The summed E-state index contributed by atoms with van der Waals surface area (Å²) in [7, 11) is -3.26. The van der Waals surface area contributed by atoms with Crippen LogP contribution in [0.3, 0.4) is 0 Å². The third kappa shape index (κ3) is 3.68. The number of benzene rings is 2. The number of rotatable bonds is 5. The summed E-state index contributed by atoms with van der Waals surface area (Å²) >= 11 is 6.00. The van der Waals surface area contributed by atoms with Crippen molar-refractivity contribution in [2.24, 2.45) is 0 Å². The summed E-state index contributed by atoms with van der Waals surface area (Å²) < 4.78 is 26.1. The average Bonchev–Trinajstić information content (AvgIpc) is 2.90. The van der Waals surface area contributed by atoms with Gasteiger partial charge in [-0.05, 0) is 48.4 Å². The van der Waals surface area contributed by atoms with Crippen LogP contribution in [0, 0.1) is 0 Å². The smallest absolute Gasteiger partial charge is 0.232 e. The van der Waals surface area contributed by atoms with Crippen LogP contribution in [0.4, 0.5) is 5.69 Å². The molecule has 0 bridgehead atoms. The normalized spacial score (nSPS) is 11.7. The summed E-state index contributed by atoms with van der Waals surface area (Å²) in [6.45, 7) is 1.84. The van der Waals surface area contributed by atoms with Crippen LogP contribution in [0.15, 0.2) is 48.5 Å². The second-order valence-corrected chi connectivity index (χ2v) is 7.69. The molecule has 0 saturated carbocycles. The Labute approximate surface area is 140 Å². The van der Waals surface area contributed by atoms with E-state index in [2.05, 4.69) is 9.71 Å². The van der Waals surface area contributed by atoms with E-state index >= 15 is 0 Å². The highest BCUT2D eigenvalue weighted by atomic mass is 35.5. The van der Waals surface area contributed by atoms with Crippen molar-refractivity contribution in [1.82, 2.24) is 4.98 Å². The number of sulfonamides is 1. The zero-order valence-electron chi connectivity index (χ0n) is 12.6. The lowest BCUT2D eigenvalue weighted by molar-refractivity contribution is 0.600. The van der Waals surface area contributed by atoms with Gasteiger partial charge in [0.05, 0.1) is 5.75 Å². The van der Waals surface area contributed by atoms with Gasteiger partial charge in [0.1, 0.15) is 0 Å². The average molecular weight is 349 g/mol. The van der Waals surface area contributed by atoms with Gasteiger partial charge in [-0.3, -0.25) is 4.72 Å². The van der Waals surface area contributed by atoms with Gasteiger partial charge in [-0.1, -0.05) is 30.7 Å². The number of aromatic amines is 1. The molecule has 3 rings (SSSR count). The predicted octanol–water partition coefficient (Wildman–Crippen LogP) is 4.64. The second-order valence-electron chi connectivity index (χ2n) is 5.41. The lowest BCUT2D eigenvalue weighted by Gasteiger charge is -2.07. The maximum absolute atomic E-state index is 11.8. The van der Waals surface area contributed by atoms with E-state index in [0.29, 0.717) is 17.1 Å². The highest BCUT2D eigenvalue weighted by Crippen LogP contribution is 2.27. The third-order valence-electron chi connectivity index (χ3n) is 3.52. The van der Waals surface area contributed by atoms with Crippen molar-refractivity contribution in [2.45, 2.75) is 13.3 Å². The molecular formula is C17H17ClN2O2S. The van der Waals surface area contributed by atoms with E-state index in [0.717, 1.165) is 22.2 Å². The van der Waals surface area contributed by atoms with Crippen molar-refractivity contribution >= 4 is 38.2 Å². The first-order chi connectivity index (χ1) is 11.0. The molecule has 0 fully saturated rings. The summed E-state index contributed by atoms with van der Waals surface area (Å²) in [6.07, 6.45) is 0.588. The van der Waals surface area contributed by atoms with Gasteiger partial charge >= 0.3 is 0 Å². The molecule has 120 valence electrons. The van der Waals surface area contributed by atoms with Gasteiger partial charge in [0, 0.05) is 27.3 Å². The SMILES string of the molecule is CCCS(=O)(=O)Nc1ccc(-c2cc3cc(Cl)ccc3[nH]2)cc1. The molecule has 0 amide bonds. The molecule has 0 atom stereocenters. The Balaban J connectivity index is 1.86. The van der Waals surface area contributed by atoms with Gasteiger partial charge in [0.25, 0.3) is 0 Å². The highest BCUT2D eigenvalue weighted by molar-refractivity contribution is 7.92. The number of nitrogens with one attached hydrogen (secondary N) is 2. The summed E-state index contributed by atoms with van der Waals surface area (Å²) in [6, 6.07) is 15.0. The minimum absolute atomic E-state index is 0.123. The van der Waals surface area contributed by atoms with Crippen molar-refractivity contribution in [1.29, 1.82) is 0 Å². The van der Waals surface area contributed by atoms with E-state index < -0.39 is 10.0 Å². The Morgan fingerprint density at radius 2 is 1.83 bits per heavy atom. The number of fused-ring (bicyclic) bond motifs is 1. The van der Waals surface area contributed by atoms with Gasteiger partial charge < -0.3 is 4.98 Å². The molecule has 3 aromatic rings. The number of halogens is 1. The van der Waals surface area contributed by atoms with Crippen LogP contribution in [0.1, 0.15) is 13.3 Å². The second kappa shape index (κ2) is 6.26. The maximum atomic E-state index is 11.8. The molecule has 0 saturated heterocycles. The zero-order chi connectivity index (χ0) is 16.4. The van der Waals surface area contributed by atoms with E-state index in [1.165, 1.54) is 0 Å². The number of anilines is 1. The molecule has 0 spiro atoms. The van der Waals surface area contributed by atoms with Crippen LogP contribution in [0.2, 0.25) is 5.02 Å². The first kappa shape index (κ1) is 15.9. The number of hydrogen-bond acceptors (Lipinski definition) is 2. The van der Waals surface area contributed by atoms with Crippen LogP contribution in [-0.4, -0.2) is 19.2 Å². The fraction of sp³-hybridized carbons (Fsp3) is 0.176. The van der Waals surface area contributed by atoms with Gasteiger partial charge in [0.15, 0.2) is 0 Å². The summed E-state index contributed by atoms with van der Waals surface area (Å²) in [5.74, 6) is 0.123. The van der Waals surface area contributed by atoms with E-state index in [4.69, 9.17) is 11.6 Å². The van der Waals surface area contributed by atoms with Crippen LogP contribution in [0.5, 0.6) is 0 Å². The van der Waals surface area contributed by atoms with Gasteiger partial charge in [-0.2, -0.15) is 0 Å². The number of aromatic nitrogens is 1. The molecule has 23 heavy (non-hydrogen) atoms. The maximum Gasteiger partial charge on any atom is 0.232 e. The quantitative estimate of drug-likeness (QED) is 0.705. The first-order valence-corrected chi connectivity index (χ1v) is 9.39. The minimum Gasteiger partial charge on any atom is -0.355 e. The highest BCUT2D eigenvalue weighted by Gasteiger charge is 2.09. The molecule has 2 aromatic carbocycles. The monoisotopic (exact) mass is 348 g/mol. The Kier molecular flexibility index (Phi) is 4.33. The topological polar surface area (TPSA) is 62.0 Å². The minimum atomic E-state index is -3.26. The summed E-state index contributed by atoms with van der Waals surface area (Å²) in [4.78, 5) is 3.33. The van der Waals surface area contributed by atoms with E-state index in [9.17, 15) is 8.42 Å². The number of H-pyrrole nitrogens is 1. The molecule has 0 aliphatic carbocycles. The Morgan fingerprint density at radius 3 is 2.52 bits per heavy atom. The van der Waals surface area contributed by atoms with Crippen LogP contribution in [-0.2, 0) is 10.0 Å². The molecule has 1 heterocycles. The van der Waals surface area contributed by atoms with E-state index in [1.807, 2.05) is 43.3 Å². The van der Waals surface area contributed by atoms with Crippen LogP contribution < -0.4 is 4.72 Å². The molecule has 1 aromatic heterocycles. The van der Waals surface area contributed by atoms with Gasteiger partial charge in [-0.25, -0.2) is 8.42 Å². The van der Waals surface area contributed by atoms with Crippen molar-refractivity contribution in [3.63, 3.8) is 0 Å². The van der Waals surface area contributed by atoms with E-state index in [-0.39, 0.29) is 5.75 Å². The fourth-order valence-corrected chi connectivity index (χ4v) is 3.79. The Hall–Kier alpha value is -1.98. The lowest BCUT2D eigenvalue weighted by Crippen LogP contribution is -2.15. The Bertz CT molecular complexity index is 931. The van der Waals surface area contributed by atoms with E-state index in [1.54, 1.807) is 12.1 Å². The molecule has 4 nitrogen and oxygen atoms in total. The molecular weight excluding hydrogens is 332 g/mol. The molecule has 2 N–H and O–H groups in total. The molecule has 0 radical (unpaired) electrons. The summed E-state index contributed by atoms with van der Waals surface area (Å²) in [5, 5.41) is 1.74. The molecule has 0 aliphatic heterocycles. The zero-order valence-corrected chi connectivity index (χ0v) is 14.2. The molecule has 6 heteroatoms. The Morgan fingerprint density at radius 1 is 1.09 bits per heavy atom. The first-order valence-electron chi connectivity index (χ1n) is 7.36. The standard InChI is InChI=1S/C17H17ClN2O2S/c1-2-9-23(21,22)20-15-6-3-12(4-7-15)17-11-13-10-14(18)5-8-16(13)19-17/h3-8,10-11,19-20H,2,9H2,1H3. The summed E-state index contributed by atoms with van der Waals surface area (Å²) in [5.41, 5.74) is 3.53. The van der Waals surface area contributed by atoms with Crippen LogP contribution in [0.25, 0.3) is 22.2 Å². The van der Waals surface area contributed by atoms with Crippen LogP contribution >= 0.6 is 11.6 Å². The number of hydrogen-bond donors (Lipinski definition) is 2. The lowest BCUT2D eigenvalue weighted by atomic mass is 10.1. The van der Waals surface area contributed by atoms with Crippen molar-refractivity contribution < 1.29 is 8.42 Å². The molecule has 0 unspecified atom stereocenters. The van der Waals surface area contributed by atoms with Crippen molar-refractivity contribution in [2.75, 3.05) is 10.5 Å². The fourth-order valence-electron chi connectivity index (χ4n) is 2.48. The van der Waals surface area contributed by atoms with Gasteiger partial charge in [-0.15, -0.1) is 0 Å². The van der Waals surface area contributed by atoms with Crippen molar-refractivity contribution in [3.05, 3.63) is 53.6 Å². The van der Waals surface area contributed by atoms with Crippen molar-refractivity contribution in [3.8, 4) is 11.3 Å². The third-order valence-corrected chi connectivity index (χ3v) is 5.25. The largest absolute Gasteiger partial charge is 0.355 e.